The second-order valence-electron chi connectivity index (χ2n) is 7.35. The second kappa shape index (κ2) is 10.3. The van der Waals surface area contributed by atoms with Gasteiger partial charge in [-0.05, 0) is 69.2 Å². The van der Waals surface area contributed by atoms with Crippen LogP contribution in [0.1, 0.15) is 39.7 Å². The molecule has 0 spiro atoms. The molecular weight excluding hydrogens is 404 g/mol. The number of rotatable bonds is 9. The van der Waals surface area contributed by atoms with Gasteiger partial charge in [0, 0.05) is 18.6 Å². The quantitative estimate of drug-likeness (QED) is 0.599. The highest BCUT2D eigenvalue weighted by Gasteiger charge is 2.20. The number of carbonyl (C=O) groups is 1. The summed E-state index contributed by atoms with van der Waals surface area (Å²) in [6, 6.07) is 12.7. The Balaban J connectivity index is 2.11. The fraction of sp³-hybridized carbons (Fsp3) is 0.409. The number of methoxy groups -OCH3 is 1. The summed E-state index contributed by atoms with van der Waals surface area (Å²) in [6.07, 6.45) is 0.826. The normalized spacial score (nSPS) is 12.3. The lowest BCUT2D eigenvalue weighted by Gasteiger charge is -2.29. The number of hydrogen-bond acceptors (Lipinski definition) is 5. The van der Waals surface area contributed by atoms with Crippen molar-refractivity contribution in [2.45, 2.75) is 57.6 Å². The topological polar surface area (TPSA) is 84.9 Å². The Labute approximate surface area is 179 Å². The largest absolute Gasteiger partial charge is 0.497 e. The Morgan fingerprint density at radius 2 is 1.57 bits per heavy atom. The van der Waals surface area contributed by atoms with Gasteiger partial charge in [-0.1, -0.05) is 19.1 Å². The van der Waals surface area contributed by atoms with Crippen molar-refractivity contribution in [2.75, 3.05) is 7.11 Å². The summed E-state index contributed by atoms with van der Waals surface area (Å²) < 4.78 is 35.2. The van der Waals surface area contributed by atoms with Crippen LogP contribution >= 0.6 is 0 Å². The minimum Gasteiger partial charge on any atom is -0.497 e. The van der Waals surface area contributed by atoms with Crippen LogP contribution in [-0.4, -0.2) is 38.5 Å². The van der Waals surface area contributed by atoms with Crippen molar-refractivity contribution in [1.29, 1.82) is 0 Å². The number of nitrogens with zero attached hydrogens (tertiary/aromatic N) is 1. The van der Waals surface area contributed by atoms with E-state index < -0.39 is 10.1 Å². The van der Waals surface area contributed by atoms with Crippen molar-refractivity contribution in [3.8, 4) is 11.5 Å². The maximum Gasteiger partial charge on any atom is 0.339 e. The Bertz CT molecular complexity index is 925. The van der Waals surface area contributed by atoms with Crippen molar-refractivity contribution < 1.29 is 22.1 Å². The second-order valence-corrected chi connectivity index (χ2v) is 8.89. The number of amides is 2. The number of urea groups is 1. The Morgan fingerprint density at radius 3 is 2.07 bits per heavy atom. The molecule has 0 aliphatic rings. The van der Waals surface area contributed by atoms with Gasteiger partial charge in [-0.2, -0.15) is 8.42 Å². The van der Waals surface area contributed by atoms with Crippen LogP contribution in [0.4, 0.5) is 4.79 Å². The molecule has 0 heterocycles. The van der Waals surface area contributed by atoms with E-state index in [-0.39, 0.29) is 28.8 Å². The average Bonchev–Trinajstić information content (AvgIpc) is 2.71. The predicted octanol–water partition coefficient (Wildman–Crippen LogP) is 4.18. The lowest BCUT2D eigenvalue weighted by atomic mass is 10.1. The zero-order valence-corrected chi connectivity index (χ0v) is 18.9. The van der Waals surface area contributed by atoms with Gasteiger partial charge in [0.15, 0.2) is 0 Å². The van der Waals surface area contributed by atoms with Gasteiger partial charge in [-0.25, -0.2) is 4.79 Å². The Hall–Kier alpha value is -2.74. The third-order valence-electron chi connectivity index (χ3n) is 4.63. The first-order valence-electron chi connectivity index (χ1n) is 9.91. The van der Waals surface area contributed by atoms with Crippen LogP contribution in [0.5, 0.6) is 11.5 Å². The number of hydrogen-bond donors (Lipinski definition) is 1. The van der Waals surface area contributed by atoms with Crippen LogP contribution in [0.15, 0.2) is 53.4 Å². The van der Waals surface area contributed by atoms with E-state index in [0.29, 0.717) is 12.3 Å². The van der Waals surface area contributed by atoms with Crippen LogP contribution in [0.2, 0.25) is 0 Å². The average molecular weight is 435 g/mol. The summed E-state index contributed by atoms with van der Waals surface area (Å²) in [5.41, 5.74) is 0.878. The van der Waals surface area contributed by atoms with Gasteiger partial charge in [0.25, 0.3) is 0 Å². The summed E-state index contributed by atoms with van der Waals surface area (Å²) in [7, 11) is -2.44. The highest BCUT2D eigenvalue weighted by atomic mass is 32.2. The highest BCUT2D eigenvalue weighted by Crippen LogP contribution is 2.22. The molecule has 1 atom stereocenters. The lowest BCUT2D eigenvalue weighted by molar-refractivity contribution is 0.171. The molecule has 0 radical (unpaired) electrons. The number of nitrogens with one attached hydrogen (secondary N) is 1. The third-order valence-corrected chi connectivity index (χ3v) is 5.89. The van der Waals surface area contributed by atoms with Crippen LogP contribution in [0.3, 0.4) is 0 Å². The van der Waals surface area contributed by atoms with E-state index in [0.717, 1.165) is 12.0 Å². The minimum absolute atomic E-state index is 0.0423. The fourth-order valence-electron chi connectivity index (χ4n) is 2.74. The summed E-state index contributed by atoms with van der Waals surface area (Å²) in [4.78, 5) is 14.3. The van der Waals surface area contributed by atoms with Crippen molar-refractivity contribution in [1.82, 2.24) is 10.2 Å². The molecule has 2 rings (SSSR count). The minimum atomic E-state index is -3.95. The van der Waals surface area contributed by atoms with Gasteiger partial charge in [-0.3, -0.25) is 0 Å². The van der Waals surface area contributed by atoms with E-state index in [4.69, 9.17) is 8.92 Å². The van der Waals surface area contributed by atoms with Gasteiger partial charge < -0.3 is 19.1 Å². The van der Waals surface area contributed by atoms with Crippen molar-refractivity contribution in [2.24, 2.45) is 0 Å². The summed E-state index contributed by atoms with van der Waals surface area (Å²) in [5.74, 6) is 0.766. The SMILES string of the molecule is CC[C@@H](C)N(Cc1ccc(OS(=O)(=O)c2ccc(OC)cc2)cc1)C(=O)NC(C)C. The molecule has 8 heteroatoms. The monoisotopic (exact) mass is 434 g/mol. The van der Waals surface area contributed by atoms with E-state index in [1.807, 2.05) is 27.7 Å². The summed E-state index contributed by atoms with van der Waals surface area (Å²) >= 11 is 0. The van der Waals surface area contributed by atoms with E-state index in [1.165, 1.54) is 19.2 Å². The zero-order chi connectivity index (χ0) is 22.3. The van der Waals surface area contributed by atoms with Gasteiger partial charge >= 0.3 is 16.1 Å². The molecule has 164 valence electrons. The zero-order valence-electron chi connectivity index (χ0n) is 18.1. The van der Waals surface area contributed by atoms with Gasteiger partial charge in [-0.15, -0.1) is 0 Å². The Kier molecular flexibility index (Phi) is 8.11. The van der Waals surface area contributed by atoms with Crippen molar-refractivity contribution in [3.05, 3.63) is 54.1 Å². The lowest BCUT2D eigenvalue weighted by Crippen LogP contribution is -2.46. The molecule has 2 amide bonds. The molecule has 0 unspecified atom stereocenters. The maximum atomic E-state index is 12.5. The standard InChI is InChI=1S/C22H30N2O5S/c1-6-17(4)24(22(25)23-16(2)3)15-18-7-9-20(10-8-18)29-30(26,27)21-13-11-19(28-5)12-14-21/h7-14,16-17H,6,15H2,1-5H3,(H,23,25)/t17-/m1/s1. The van der Waals surface area contributed by atoms with Crippen LogP contribution in [0, 0.1) is 0 Å². The number of carbonyl (C=O) groups excluding carboxylic acids is 1. The molecule has 0 fully saturated rings. The van der Waals surface area contributed by atoms with E-state index >= 15 is 0 Å². The molecule has 7 nitrogen and oxygen atoms in total. The summed E-state index contributed by atoms with van der Waals surface area (Å²) in [6.45, 7) is 8.28. The first kappa shape index (κ1) is 23.5. The molecular formula is C22H30N2O5S. The first-order valence-corrected chi connectivity index (χ1v) is 11.3. The van der Waals surface area contributed by atoms with E-state index in [2.05, 4.69) is 5.32 Å². The molecule has 1 N–H and O–H groups in total. The molecule has 0 aromatic heterocycles. The Morgan fingerprint density at radius 1 is 1.00 bits per heavy atom. The van der Waals surface area contributed by atoms with Crippen LogP contribution in [-0.2, 0) is 16.7 Å². The molecule has 0 saturated heterocycles. The van der Waals surface area contributed by atoms with Gasteiger partial charge in [0.2, 0.25) is 0 Å². The molecule has 0 saturated carbocycles. The predicted molar refractivity (Wildman–Crippen MR) is 116 cm³/mol. The van der Waals surface area contributed by atoms with Crippen LogP contribution in [0.25, 0.3) is 0 Å². The van der Waals surface area contributed by atoms with Crippen LogP contribution < -0.4 is 14.2 Å². The first-order chi connectivity index (χ1) is 14.2. The fourth-order valence-corrected chi connectivity index (χ4v) is 3.67. The number of ether oxygens (including phenoxy) is 1. The number of benzene rings is 2. The van der Waals surface area contributed by atoms with Crippen molar-refractivity contribution >= 4 is 16.1 Å². The van der Waals surface area contributed by atoms with Gasteiger partial charge in [0.05, 0.1) is 7.11 Å². The molecule has 30 heavy (non-hydrogen) atoms. The van der Waals surface area contributed by atoms with E-state index in [1.54, 1.807) is 41.3 Å². The molecule has 2 aromatic carbocycles. The highest BCUT2D eigenvalue weighted by molar-refractivity contribution is 7.87. The maximum absolute atomic E-state index is 12.5. The van der Waals surface area contributed by atoms with Crippen molar-refractivity contribution in [3.63, 3.8) is 0 Å². The smallest absolute Gasteiger partial charge is 0.339 e. The molecule has 2 aromatic rings. The van der Waals surface area contributed by atoms with E-state index in [9.17, 15) is 13.2 Å². The molecule has 0 bridgehead atoms. The molecule has 0 aliphatic carbocycles. The van der Waals surface area contributed by atoms with Gasteiger partial charge in [0.1, 0.15) is 16.4 Å². The summed E-state index contributed by atoms with van der Waals surface area (Å²) in [5, 5.41) is 2.92. The third kappa shape index (κ3) is 6.38. The molecule has 0 aliphatic heterocycles.